The lowest BCUT2D eigenvalue weighted by atomic mass is 10.1. The van der Waals surface area contributed by atoms with E-state index in [9.17, 15) is 14.9 Å². The van der Waals surface area contributed by atoms with Crippen molar-refractivity contribution in [3.05, 3.63) is 57.9 Å². The molecule has 0 saturated heterocycles. The van der Waals surface area contributed by atoms with E-state index in [0.717, 1.165) is 5.56 Å². The minimum absolute atomic E-state index is 0.0652. The van der Waals surface area contributed by atoms with Gasteiger partial charge in [0.15, 0.2) is 0 Å². The van der Waals surface area contributed by atoms with Crippen LogP contribution in [-0.2, 0) is 0 Å². The van der Waals surface area contributed by atoms with Crippen molar-refractivity contribution < 1.29 is 9.72 Å². The van der Waals surface area contributed by atoms with E-state index in [1.165, 1.54) is 18.2 Å². The number of nitrogens with zero attached hydrogens (tertiary/aromatic N) is 2. The summed E-state index contributed by atoms with van der Waals surface area (Å²) in [4.78, 5) is 26.2. The summed E-state index contributed by atoms with van der Waals surface area (Å²) in [6.07, 6.45) is 3.14. The van der Waals surface area contributed by atoms with Crippen LogP contribution in [0.2, 0.25) is 0 Å². The van der Waals surface area contributed by atoms with Crippen LogP contribution in [0.3, 0.4) is 0 Å². The summed E-state index contributed by atoms with van der Waals surface area (Å²) in [7, 11) is 0. The number of aryl methyl sites for hydroxylation is 1. The Morgan fingerprint density at radius 3 is 2.80 bits per heavy atom. The van der Waals surface area contributed by atoms with Crippen molar-refractivity contribution in [1.29, 1.82) is 0 Å². The molecule has 102 valence electrons. The van der Waals surface area contributed by atoms with Gasteiger partial charge in [0, 0.05) is 24.1 Å². The van der Waals surface area contributed by atoms with E-state index in [0.29, 0.717) is 5.69 Å². The zero-order valence-corrected chi connectivity index (χ0v) is 10.7. The van der Waals surface area contributed by atoms with Crippen molar-refractivity contribution >= 4 is 23.0 Å². The van der Waals surface area contributed by atoms with Crippen molar-refractivity contribution in [3.63, 3.8) is 0 Å². The SMILES string of the molecule is Cc1cnccc1NC(=O)c1cccc([N+](=O)[O-])c1N. The average molecular weight is 272 g/mol. The largest absolute Gasteiger partial charge is 0.393 e. The summed E-state index contributed by atoms with van der Waals surface area (Å²) in [5.41, 5.74) is 6.65. The highest BCUT2D eigenvalue weighted by Crippen LogP contribution is 2.25. The van der Waals surface area contributed by atoms with Crippen molar-refractivity contribution in [2.45, 2.75) is 6.92 Å². The number of nitrogens with one attached hydrogen (secondary N) is 1. The van der Waals surface area contributed by atoms with E-state index in [4.69, 9.17) is 5.73 Å². The maximum absolute atomic E-state index is 12.1. The molecular weight excluding hydrogens is 260 g/mol. The number of anilines is 2. The number of pyridine rings is 1. The predicted octanol–water partition coefficient (Wildman–Crippen LogP) is 2.13. The molecule has 0 aliphatic rings. The fraction of sp³-hybridized carbons (Fsp3) is 0.0769. The quantitative estimate of drug-likeness (QED) is 0.505. The molecule has 7 heteroatoms. The van der Waals surface area contributed by atoms with Gasteiger partial charge in [-0.25, -0.2) is 0 Å². The van der Waals surface area contributed by atoms with Crippen molar-refractivity contribution in [1.82, 2.24) is 4.98 Å². The minimum atomic E-state index is -0.621. The first kappa shape index (κ1) is 13.5. The molecule has 1 aromatic carbocycles. The molecule has 0 radical (unpaired) electrons. The Morgan fingerprint density at radius 2 is 2.15 bits per heavy atom. The summed E-state index contributed by atoms with van der Waals surface area (Å²) in [6, 6.07) is 5.75. The summed E-state index contributed by atoms with van der Waals surface area (Å²) >= 11 is 0. The Labute approximate surface area is 114 Å². The third-order valence-corrected chi connectivity index (χ3v) is 2.79. The van der Waals surface area contributed by atoms with Crippen LogP contribution in [-0.4, -0.2) is 15.8 Å². The Bertz CT molecular complexity index is 685. The van der Waals surface area contributed by atoms with Gasteiger partial charge in [0.2, 0.25) is 0 Å². The van der Waals surface area contributed by atoms with Gasteiger partial charge < -0.3 is 11.1 Å². The molecule has 20 heavy (non-hydrogen) atoms. The highest BCUT2D eigenvalue weighted by molar-refractivity contribution is 6.09. The molecular formula is C13H12N4O3. The third kappa shape index (κ3) is 2.56. The van der Waals surface area contributed by atoms with Crippen LogP contribution in [0.15, 0.2) is 36.7 Å². The van der Waals surface area contributed by atoms with E-state index < -0.39 is 10.8 Å². The molecule has 0 atom stereocenters. The number of hydrogen-bond acceptors (Lipinski definition) is 5. The summed E-state index contributed by atoms with van der Waals surface area (Å²) < 4.78 is 0. The normalized spacial score (nSPS) is 10.1. The van der Waals surface area contributed by atoms with Crippen LogP contribution in [0.5, 0.6) is 0 Å². The van der Waals surface area contributed by atoms with Gasteiger partial charge in [0.1, 0.15) is 5.69 Å². The van der Waals surface area contributed by atoms with Crippen LogP contribution < -0.4 is 11.1 Å². The van der Waals surface area contributed by atoms with E-state index in [1.54, 1.807) is 25.4 Å². The van der Waals surface area contributed by atoms with E-state index in [-0.39, 0.29) is 16.9 Å². The molecule has 0 bridgehead atoms. The topological polar surface area (TPSA) is 111 Å². The number of nitrogen functional groups attached to an aromatic ring is 1. The molecule has 7 nitrogen and oxygen atoms in total. The molecule has 0 fully saturated rings. The molecule has 0 unspecified atom stereocenters. The van der Waals surface area contributed by atoms with Gasteiger partial charge in [-0.15, -0.1) is 0 Å². The van der Waals surface area contributed by atoms with Crippen LogP contribution in [0.4, 0.5) is 17.1 Å². The number of hydrogen-bond donors (Lipinski definition) is 2. The second kappa shape index (κ2) is 5.35. The second-order valence-electron chi connectivity index (χ2n) is 4.14. The summed E-state index contributed by atoms with van der Waals surface area (Å²) in [5.74, 6) is -0.500. The molecule has 1 amide bonds. The van der Waals surface area contributed by atoms with Crippen molar-refractivity contribution in [2.75, 3.05) is 11.1 Å². The van der Waals surface area contributed by atoms with Crippen molar-refractivity contribution in [2.24, 2.45) is 0 Å². The number of nitro benzene ring substituents is 1. The van der Waals surface area contributed by atoms with Gasteiger partial charge in [-0.3, -0.25) is 19.9 Å². The highest BCUT2D eigenvalue weighted by atomic mass is 16.6. The van der Waals surface area contributed by atoms with Crippen LogP contribution >= 0.6 is 0 Å². The first-order valence-corrected chi connectivity index (χ1v) is 5.75. The van der Waals surface area contributed by atoms with E-state index >= 15 is 0 Å². The maximum Gasteiger partial charge on any atom is 0.292 e. The Hall–Kier alpha value is -2.96. The third-order valence-electron chi connectivity index (χ3n) is 2.79. The van der Waals surface area contributed by atoms with Gasteiger partial charge in [0.25, 0.3) is 11.6 Å². The monoisotopic (exact) mass is 272 g/mol. The number of para-hydroxylation sites is 1. The summed E-state index contributed by atoms with van der Waals surface area (Å²) in [6.45, 7) is 1.79. The molecule has 1 aromatic heterocycles. The smallest absolute Gasteiger partial charge is 0.292 e. The first-order chi connectivity index (χ1) is 9.50. The van der Waals surface area contributed by atoms with Gasteiger partial charge in [-0.2, -0.15) is 0 Å². The lowest BCUT2D eigenvalue weighted by molar-refractivity contribution is -0.383. The number of carbonyl (C=O) groups excluding carboxylic acids is 1. The zero-order valence-electron chi connectivity index (χ0n) is 10.7. The molecule has 2 aromatic rings. The van der Waals surface area contributed by atoms with Crippen LogP contribution in [0.25, 0.3) is 0 Å². The number of aromatic nitrogens is 1. The molecule has 3 N–H and O–H groups in total. The average Bonchev–Trinajstić information content (AvgIpc) is 2.41. The minimum Gasteiger partial charge on any atom is -0.393 e. The standard InChI is InChI=1S/C13H12N4O3/c1-8-7-15-6-5-10(8)16-13(18)9-3-2-4-11(12(9)14)17(19)20/h2-7H,14H2,1H3,(H,15,16,18). The second-order valence-corrected chi connectivity index (χ2v) is 4.14. The van der Waals surface area contributed by atoms with Crippen molar-refractivity contribution in [3.8, 4) is 0 Å². The number of nitro groups is 1. The van der Waals surface area contributed by atoms with Crippen LogP contribution in [0.1, 0.15) is 15.9 Å². The lowest BCUT2D eigenvalue weighted by Crippen LogP contribution is -2.15. The molecule has 0 saturated carbocycles. The Kier molecular flexibility index (Phi) is 3.60. The highest BCUT2D eigenvalue weighted by Gasteiger charge is 2.19. The number of amides is 1. The van der Waals surface area contributed by atoms with Gasteiger partial charge in [-0.1, -0.05) is 6.07 Å². The van der Waals surface area contributed by atoms with Gasteiger partial charge in [-0.05, 0) is 24.6 Å². The lowest BCUT2D eigenvalue weighted by Gasteiger charge is -2.09. The number of rotatable bonds is 3. The molecule has 1 heterocycles. The fourth-order valence-electron chi connectivity index (χ4n) is 1.71. The number of nitrogens with two attached hydrogens (primary N) is 1. The fourth-order valence-corrected chi connectivity index (χ4v) is 1.71. The van der Waals surface area contributed by atoms with Crippen LogP contribution in [0, 0.1) is 17.0 Å². The van der Waals surface area contributed by atoms with Gasteiger partial charge >= 0.3 is 0 Å². The summed E-state index contributed by atoms with van der Waals surface area (Å²) in [5, 5.41) is 13.4. The van der Waals surface area contributed by atoms with E-state index in [2.05, 4.69) is 10.3 Å². The predicted molar refractivity (Wildman–Crippen MR) is 74.4 cm³/mol. The first-order valence-electron chi connectivity index (χ1n) is 5.75. The molecule has 0 aliphatic heterocycles. The molecule has 0 spiro atoms. The Balaban J connectivity index is 2.33. The molecule has 2 rings (SSSR count). The zero-order chi connectivity index (χ0) is 14.7. The number of benzene rings is 1. The Morgan fingerprint density at radius 1 is 1.40 bits per heavy atom. The maximum atomic E-state index is 12.1. The number of carbonyl (C=O) groups is 1. The van der Waals surface area contributed by atoms with E-state index in [1.807, 2.05) is 0 Å². The van der Waals surface area contributed by atoms with Gasteiger partial charge in [0.05, 0.1) is 10.5 Å². The molecule has 0 aliphatic carbocycles.